The average molecular weight is 285 g/mol. The van der Waals surface area contributed by atoms with Crippen molar-refractivity contribution in [3.05, 3.63) is 40.0 Å². The van der Waals surface area contributed by atoms with E-state index in [2.05, 4.69) is 5.10 Å². The Kier molecular flexibility index (Phi) is 3.83. The van der Waals surface area contributed by atoms with E-state index >= 15 is 0 Å². The molecule has 0 bridgehead atoms. The number of ether oxygens (including phenoxy) is 1. The van der Waals surface area contributed by atoms with E-state index in [9.17, 15) is 0 Å². The van der Waals surface area contributed by atoms with Gasteiger partial charge in [0.05, 0.1) is 22.2 Å². The average Bonchev–Trinajstić information content (AvgIpc) is 2.57. The maximum Gasteiger partial charge on any atom is 0.222 e. The topological polar surface area (TPSA) is 27.1 Å². The molecule has 96 valence electrons. The zero-order chi connectivity index (χ0) is 13.3. The van der Waals surface area contributed by atoms with Gasteiger partial charge in [-0.15, -0.1) is 11.6 Å². The van der Waals surface area contributed by atoms with Crippen molar-refractivity contribution in [1.29, 1.82) is 0 Å². The van der Waals surface area contributed by atoms with Gasteiger partial charge in [0, 0.05) is 7.05 Å². The summed E-state index contributed by atoms with van der Waals surface area (Å²) in [5.74, 6) is 1.60. The summed E-state index contributed by atoms with van der Waals surface area (Å²) in [4.78, 5) is 0. The molecule has 0 radical (unpaired) electrons. The third-order valence-electron chi connectivity index (χ3n) is 2.72. The fourth-order valence-corrected chi connectivity index (χ4v) is 2.34. The van der Waals surface area contributed by atoms with Crippen molar-refractivity contribution in [3.63, 3.8) is 0 Å². The first kappa shape index (κ1) is 13.2. The van der Waals surface area contributed by atoms with Crippen LogP contribution in [0.4, 0.5) is 0 Å². The molecule has 2 aromatic rings. The minimum Gasteiger partial charge on any atom is -0.437 e. The number of benzene rings is 1. The summed E-state index contributed by atoms with van der Waals surface area (Å²) in [7, 11) is 1.82. The molecule has 0 atom stereocenters. The number of nitrogens with zero attached hydrogens (tertiary/aromatic N) is 2. The Balaban J connectivity index is 2.39. The summed E-state index contributed by atoms with van der Waals surface area (Å²) < 4.78 is 7.49. The molecule has 0 unspecified atom stereocenters. The van der Waals surface area contributed by atoms with Crippen LogP contribution in [0.25, 0.3) is 0 Å². The summed E-state index contributed by atoms with van der Waals surface area (Å²) in [6.45, 7) is 3.88. The minimum atomic E-state index is 0.360. The number of aromatic nitrogens is 2. The highest BCUT2D eigenvalue weighted by atomic mass is 35.5. The molecule has 0 amide bonds. The van der Waals surface area contributed by atoms with Crippen molar-refractivity contribution >= 4 is 23.2 Å². The molecule has 1 heterocycles. The molecule has 5 heteroatoms. The Hall–Kier alpha value is -1.19. The van der Waals surface area contributed by atoms with Gasteiger partial charge in [-0.3, -0.25) is 0 Å². The fourth-order valence-electron chi connectivity index (χ4n) is 1.76. The normalized spacial score (nSPS) is 10.7. The molecule has 0 aliphatic heterocycles. The summed E-state index contributed by atoms with van der Waals surface area (Å²) >= 11 is 12.1. The van der Waals surface area contributed by atoms with Crippen molar-refractivity contribution in [1.82, 2.24) is 9.78 Å². The van der Waals surface area contributed by atoms with E-state index in [-0.39, 0.29) is 0 Å². The summed E-state index contributed by atoms with van der Waals surface area (Å²) in [5.41, 5.74) is 2.84. The van der Waals surface area contributed by atoms with Crippen molar-refractivity contribution < 1.29 is 4.74 Å². The second-order valence-corrected chi connectivity index (χ2v) is 4.84. The van der Waals surface area contributed by atoms with Crippen molar-refractivity contribution in [2.24, 2.45) is 7.05 Å². The molecular formula is C13H14Cl2N2O. The molecule has 0 aliphatic carbocycles. The number of alkyl halides is 1. The van der Waals surface area contributed by atoms with Gasteiger partial charge in [0.1, 0.15) is 5.75 Å². The summed E-state index contributed by atoms with van der Waals surface area (Å²) in [5, 5.41) is 4.87. The van der Waals surface area contributed by atoms with Crippen LogP contribution in [0.1, 0.15) is 16.8 Å². The second-order valence-electron chi connectivity index (χ2n) is 4.16. The first-order valence-corrected chi connectivity index (χ1v) is 6.46. The number of aryl methyl sites for hydroxylation is 3. The van der Waals surface area contributed by atoms with Gasteiger partial charge in [0.2, 0.25) is 5.88 Å². The molecule has 0 fully saturated rings. The molecule has 1 aromatic carbocycles. The SMILES string of the molecule is Cc1ccc(Oc2c(CCl)c(C)nn2C)c(Cl)c1. The lowest BCUT2D eigenvalue weighted by Gasteiger charge is -2.09. The van der Waals surface area contributed by atoms with E-state index < -0.39 is 0 Å². The lowest BCUT2D eigenvalue weighted by atomic mass is 10.2. The maximum atomic E-state index is 6.15. The Bertz CT molecular complexity index is 579. The van der Waals surface area contributed by atoms with Gasteiger partial charge >= 0.3 is 0 Å². The zero-order valence-corrected chi connectivity index (χ0v) is 12.0. The maximum absolute atomic E-state index is 6.15. The lowest BCUT2D eigenvalue weighted by molar-refractivity contribution is 0.427. The number of hydrogen-bond donors (Lipinski definition) is 0. The first-order chi connectivity index (χ1) is 8.52. The van der Waals surface area contributed by atoms with Gasteiger partial charge in [0.25, 0.3) is 0 Å². The largest absolute Gasteiger partial charge is 0.437 e. The predicted molar refractivity (Wildman–Crippen MR) is 73.8 cm³/mol. The van der Waals surface area contributed by atoms with E-state index in [0.717, 1.165) is 16.8 Å². The molecule has 0 aliphatic rings. The smallest absolute Gasteiger partial charge is 0.222 e. The molecule has 0 spiro atoms. The minimum absolute atomic E-state index is 0.360. The quantitative estimate of drug-likeness (QED) is 0.789. The van der Waals surface area contributed by atoms with Gasteiger partial charge in [-0.2, -0.15) is 5.10 Å². The third-order valence-corrected chi connectivity index (χ3v) is 3.28. The molecule has 0 saturated heterocycles. The fraction of sp³-hybridized carbons (Fsp3) is 0.308. The zero-order valence-electron chi connectivity index (χ0n) is 10.5. The molecule has 2 rings (SSSR count). The van der Waals surface area contributed by atoms with Gasteiger partial charge < -0.3 is 4.74 Å². The van der Waals surface area contributed by atoms with Crippen molar-refractivity contribution in [2.45, 2.75) is 19.7 Å². The Morgan fingerprint density at radius 2 is 2.06 bits per heavy atom. The van der Waals surface area contributed by atoms with Gasteiger partial charge in [-0.25, -0.2) is 4.68 Å². The highest BCUT2D eigenvalue weighted by molar-refractivity contribution is 6.32. The lowest BCUT2D eigenvalue weighted by Crippen LogP contribution is -1.97. The van der Waals surface area contributed by atoms with E-state index in [0.29, 0.717) is 22.5 Å². The molecule has 1 aromatic heterocycles. The standard InChI is InChI=1S/C13H14Cl2N2O/c1-8-4-5-12(11(15)6-8)18-13-10(7-14)9(2)16-17(13)3/h4-6H,7H2,1-3H3. The van der Waals surface area contributed by atoms with Crippen molar-refractivity contribution in [3.8, 4) is 11.6 Å². The second kappa shape index (κ2) is 5.21. The van der Waals surface area contributed by atoms with E-state index in [1.165, 1.54) is 0 Å². The molecule has 18 heavy (non-hydrogen) atoms. The highest BCUT2D eigenvalue weighted by Crippen LogP contribution is 2.33. The summed E-state index contributed by atoms with van der Waals surface area (Å²) in [6.07, 6.45) is 0. The number of halogens is 2. The van der Waals surface area contributed by atoms with Crippen LogP contribution in [0.2, 0.25) is 5.02 Å². The van der Waals surface area contributed by atoms with Crippen LogP contribution in [0.5, 0.6) is 11.6 Å². The number of rotatable bonds is 3. The van der Waals surface area contributed by atoms with E-state index in [1.807, 2.05) is 39.1 Å². The number of hydrogen-bond acceptors (Lipinski definition) is 2. The van der Waals surface area contributed by atoms with Gasteiger partial charge in [-0.1, -0.05) is 17.7 Å². The molecule has 0 saturated carbocycles. The highest BCUT2D eigenvalue weighted by Gasteiger charge is 2.15. The van der Waals surface area contributed by atoms with Crippen LogP contribution in [0, 0.1) is 13.8 Å². The Labute approximate surface area is 116 Å². The Morgan fingerprint density at radius 1 is 1.33 bits per heavy atom. The predicted octanol–water partition coefficient (Wildman–Crippen LogP) is 4.22. The summed E-state index contributed by atoms with van der Waals surface area (Å²) in [6, 6.07) is 5.66. The van der Waals surface area contributed by atoms with E-state index in [4.69, 9.17) is 27.9 Å². The molecule has 3 nitrogen and oxygen atoms in total. The van der Waals surface area contributed by atoms with Crippen LogP contribution in [-0.2, 0) is 12.9 Å². The van der Waals surface area contributed by atoms with Gasteiger partial charge in [0.15, 0.2) is 0 Å². The molecule has 0 N–H and O–H groups in total. The van der Waals surface area contributed by atoms with Crippen LogP contribution in [-0.4, -0.2) is 9.78 Å². The monoisotopic (exact) mass is 284 g/mol. The van der Waals surface area contributed by atoms with E-state index in [1.54, 1.807) is 4.68 Å². The first-order valence-electron chi connectivity index (χ1n) is 5.55. The molecular weight excluding hydrogens is 271 g/mol. The van der Waals surface area contributed by atoms with Crippen LogP contribution in [0.15, 0.2) is 18.2 Å². The van der Waals surface area contributed by atoms with Gasteiger partial charge in [-0.05, 0) is 31.5 Å². The third kappa shape index (κ3) is 2.47. The van der Waals surface area contributed by atoms with Crippen LogP contribution in [0.3, 0.4) is 0 Å². The Morgan fingerprint density at radius 3 is 2.67 bits per heavy atom. The van der Waals surface area contributed by atoms with Crippen molar-refractivity contribution in [2.75, 3.05) is 0 Å². The van der Waals surface area contributed by atoms with Crippen LogP contribution >= 0.6 is 23.2 Å². The van der Waals surface area contributed by atoms with Crippen LogP contribution < -0.4 is 4.74 Å².